The van der Waals surface area contributed by atoms with Gasteiger partial charge in [0.05, 0.1) is 16.6 Å². The van der Waals surface area contributed by atoms with E-state index in [0.717, 1.165) is 43.9 Å². The molecule has 1 aliphatic rings. The molecule has 1 aliphatic heterocycles. The Kier molecular flexibility index (Phi) is 4.66. The lowest BCUT2D eigenvalue weighted by Gasteiger charge is -2.32. The van der Waals surface area contributed by atoms with Crippen LogP contribution < -0.4 is 16.0 Å². The van der Waals surface area contributed by atoms with Crippen molar-refractivity contribution in [1.29, 1.82) is 0 Å². The minimum absolute atomic E-state index is 0.376. The van der Waals surface area contributed by atoms with Crippen LogP contribution in [0.3, 0.4) is 0 Å². The number of allylic oxidation sites excluding steroid dienone is 1. The van der Waals surface area contributed by atoms with Gasteiger partial charge in [0.15, 0.2) is 5.58 Å². The number of benzene rings is 2. The maximum Gasteiger partial charge on any atom is 0.494 e. The highest BCUT2D eigenvalue weighted by Gasteiger charge is 2.51. The molecule has 0 unspecified atom stereocenters. The molecule has 1 saturated heterocycles. The fourth-order valence-electron chi connectivity index (χ4n) is 4.14. The summed E-state index contributed by atoms with van der Waals surface area (Å²) in [6.07, 6.45) is 3.69. The van der Waals surface area contributed by atoms with Crippen LogP contribution in [0.25, 0.3) is 45.9 Å². The van der Waals surface area contributed by atoms with E-state index in [9.17, 15) is 0 Å². The van der Waals surface area contributed by atoms with Gasteiger partial charge >= 0.3 is 7.12 Å². The van der Waals surface area contributed by atoms with Gasteiger partial charge < -0.3 is 13.7 Å². The minimum Gasteiger partial charge on any atom is -0.454 e. The third-order valence-electron chi connectivity index (χ3n) is 6.63. The SMILES string of the molecule is C=C/C=c1\c(=C)nc(-c2ccc(B3OC(C)(C)C(C)(C)O3)cc2)c2oc3ccccc3c12. The molecule has 5 heteroatoms. The van der Waals surface area contributed by atoms with Gasteiger partial charge in [-0.25, -0.2) is 4.98 Å². The summed E-state index contributed by atoms with van der Waals surface area (Å²) in [4.78, 5) is 4.81. The van der Waals surface area contributed by atoms with Gasteiger partial charge in [-0.3, -0.25) is 0 Å². The molecule has 2 aromatic heterocycles. The molecule has 4 nitrogen and oxygen atoms in total. The maximum atomic E-state index is 6.27. The van der Waals surface area contributed by atoms with E-state index in [2.05, 4.69) is 46.9 Å². The van der Waals surface area contributed by atoms with Crippen LogP contribution >= 0.6 is 0 Å². The van der Waals surface area contributed by atoms with Crippen molar-refractivity contribution in [2.24, 2.45) is 0 Å². The summed E-state index contributed by atoms with van der Waals surface area (Å²) < 4.78 is 18.6. The van der Waals surface area contributed by atoms with E-state index >= 15 is 0 Å². The summed E-state index contributed by atoms with van der Waals surface area (Å²) in [7, 11) is -0.402. The largest absolute Gasteiger partial charge is 0.494 e. The zero-order chi connectivity index (χ0) is 22.7. The van der Waals surface area contributed by atoms with Gasteiger partial charge in [0.2, 0.25) is 0 Å². The highest BCUT2D eigenvalue weighted by molar-refractivity contribution is 6.62. The molecule has 5 rings (SSSR count). The second-order valence-corrected chi connectivity index (χ2v) is 9.24. The van der Waals surface area contributed by atoms with Gasteiger partial charge in [-0.15, -0.1) is 0 Å². The third-order valence-corrected chi connectivity index (χ3v) is 6.63. The van der Waals surface area contributed by atoms with Crippen molar-refractivity contribution < 1.29 is 13.7 Å². The maximum absolute atomic E-state index is 6.27. The van der Waals surface area contributed by atoms with Crippen LogP contribution in [0, 0.1) is 0 Å². The number of pyridine rings is 1. The molecule has 160 valence electrons. The molecule has 0 spiro atoms. The van der Waals surface area contributed by atoms with Crippen molar-refractivity contribution in [3.05, 3.63) is 71.8 Å². The predicted octanol–water partition coefficient (Wildman–Crippen LogP) is 4.32. The molecule has 0 saturated carbocycles. The molecular weight excluding hydrogens is 397 g/mol. The van der Waals surface area contributed by atoms with Gasteiger partial charge in [0.25, 0.3) is 0 Å². The normalized spacial score (nSPS) is 18.0. The quantitative estimate of drug-likeness (QED) is 0.461. The Balaban J connectivity index is 1.65. The highest BCUT2D eigenvalue weighted by Crippen LogP contribution is 2.37. The van der Waals surface area contributed by atoms with Gasteiger partial charge in [-0.05, 0) is 39.2 Å². The monoisotopic (exact) mass is 423 g/mol. The first-order valence-corrected chi connectivity index (χ1v) is 10.8. The van der Waals surface area contributed by atoms with Gasteiger partial charge in [-0.1, -0.05) is 67.8 Å². The van der Waals surface area contributed by atoms with E-state index in [1.54, 1.807) is 6.08 Å². The molecule has 3 heterocycles. The van der Waals surface area contributed by atoms with E-state index in [-0.39, 0.29) is 11.2 Å². The fourth-order valence-corrected chi connectivity index (χ4v) is 4.14. The predicted molar refractivity (Wildman–Crippen MR) is 132 cm³/mol. The number of rotatable bonds is 3. The molecule has 0 amide bonds. The zero-order valence-electron chi connectivity index (χ0n) is 18.9. The molecule has 4 aromatic rings. The van der Waals surface area contributed by atoms with Crippen LogP contribution in [0.4, 0.5) is 0 Å². The van der Waals surface area contributed by atoms with Crippen molar-refractivity contribution in [2.45, 2.75) is 38.9 Å². The lowest BCUT2D eigenvalue weighted by Crippen LogP contribution is -2.41. The van der Waals surface area contributed by atoms with Crippen LogP contribution in [0.15, 0.2) is 65.6 Å². The van der Waals surface area contributed by atoms with Gasteiger partial charge in [-0.2, -0.15) is 0 Å². The average Bonchev–Trinajstić information content (AvgIpc) is 3.24. The number of para-hydroxylation sites is 1. The number of hydrogen-bond acceptors (Lipinski definition) is 4. The first kappa shape index (κ1) is 20.7. The Bertz CT molecular complexity index is 1450. The Morgan fingerprint density at radius 3 is 2.25 bits per heavy atom. The molecule has 0 N–H and O–H groups in total. The number of furan rings is 1. The van der Waals surface area contributed by atoms with Gasteiger partial charge in [0, 0.05) is 21.6 Å². The Hall–Kier alpha value is -3.15. The second-order valence-electron chi connectivity index (χ2n) is 9.24. The molecular formula is C27H26BNO3. The molecule has 0 radical (unpaired) electrons. The molecule has 1 fully saturated rings. The summed E-state index contributed by atoms with van der Waals surface area (Å²) in [6.45, 7) is 16.3. The van der Waals surface area contributed by atoms with Crippen molar-refractivity contribution in [3.8, 4) is 11.3 Å². The number of nitrogens with zero attached hydrogens (tertiary/aromatic N) is 1. The van der Waals surface area contributed by atoms with Crippen molar-refractivity contribution in [3.63, 3.8) is 0 Å². The van der Waals surface area contributed by atoms with Crippen LogP contribution in [-0.4, -0.2) is 23.3 Å². The lowest BCUT2D eigenvalue weighted by atomic mass is 9.78. The van der Waals surface area contributed by atoms with Crippen LogP contribution in [0.5, 0.6) is 0 Å². The summed E-state index contributed by atoms with van der Waals surface area (Å²) in [5.41, 5.74) is 3.50. The van der Waals surface area contributed by atoms with Crippen LogP contribution in [-0.2, 0) is 9.31 Å². The van der Waals surface area contributed by atoms with Crippen LogP contribution in [0.2, 0.25) is 0 Å². The third kappa shape index (κ3) is 3.12. The van der Waals surface area contributed by atoms with E-state index in [1.807, 2.05) is 48.5 Å². The first-order chi connectivity index (χ1) is 15.2. The topological polar surface area (TPSA) is 44.5 Å². The molecule has 2 aromatic carbocycles. The van der Waals surface area contributed by atoms with E-state index in [0.29, 0.717) is 5.35 Å². The average molecular weight is 423 g/mol. The molecule has 0 atom stereocenters. The standard InChI is InChI=1S/C27H26BNO3/c1-7-10-20-17(2)29-24(25-23(20)21-11-8-9-12-22(21)30-25)18-13-15-19(16-14-18)28-31-26(3,4)27(5,6)32-28/h7-16H,1-2H2,3-6H3/b20-10+. The number of hydrogen-bond donors (Lipinski definition) is 0. The Morgan fingerprint density at radius 1 is 0.938 bits per heavy atom. The second kappa shape index (κ2) is 7.19. The van der Waals surface area contributed by atoms with Crippen molar-refractivity contribution >= 4 is 47.2 Å². The van der Waals surface area contributed by atoms with Crippen molar-refractivity contribution in [1.82, 2.24) is 4.98 Å². The number of fused-ring (bicyclic) bond motifs is 3. The summed E-state index contributed by atoms with van der Waals surface area (Å²) >= 11 is 0. The van der Waals surface area contributed by atoms with Crippen LogP contribution in [0.1, 0.15) is 27.7 Å². The summed E-state index contributed by atoms with van der Waals surface area (Å²) in [5, 5.41) is 3.66. The Morgan fingerprint density at radius 2 is 1.59 bits per heavy atom. The molecule has 32 heavy (non-hydrogen) atoms. The minimum atomic E-state index is -0.402. The van der Waals surface area contributed by atoms with E-state index in [1.165, 1.54) is 0 Å². The smallest absolute Gasteiger partial charge is 0.454 e. The molecule has 0 bridgehead atoms. The first-order valence-electron chi connectivity index (χ1n) is 10.8. The van der Waals surface area contributed by atoms with Crippen molar-refractivity contribution in [2.75, 3.05) is 0 Å². The lowest BCUT2D eigenvalue weighted by molar-refractivity contribution is 0.00578. The van der Waals surface area contributed by atoms with Gasteiger partial charge in [0.1, 0.15) is 11.3 Å². The zero-order valence-corrected chi connectivity index (χ0v) is 18.9. The van der Waals surface area contributed by atoms with E-state index < -0.39 is 7.12 Å². The summed E-state index contributed by atoms with van der Waals surface area (Å²) in [6, 6.07) is 16.1. The van der Waals surface area contributed by atoms with E-state index in [4.69, 9.17) is 18.7 Å². The highest BCUT2D eigenvalue weighted by atomic mass is 16.7. The number of aromatic nitrogens is 1. The fraction of sp³-hybridized carbons (Fsp3) is 0.222. The Labute approximate surface area is 188 Å². The molecule has 0 aliphatic carbocycles. The summed E-state index contributed by atoms with van der Waals surface area (Å²) in [5.74, 6) is 0.